The Balaban J connectivity index is 2.24. The summed E-state index contributed by atoms with van der Waals surface area (Å²) in [5.41, 5.74) is 1.78. The molecule has 0 N–H and O–H groups in total. The van der Waals surface area contributed by atoms with Gasteiger partial charge in [-0.25, -0.2) is 0 Å². The highest BCUT2D eigenvalue weighted by Crippen LogP contribution is 2.33. The van der Waals surface area contributed by atoms with E-state index in [-0.39, 0.29) is 11.4 Å². The number of benzene rings is 1. The van der Waals surface area contributed by atoms with Crippen molar-refractivity contribution in [2.75, 3.05) is 25.1 Å². The van der Waals surface area contributed by atoms with Gasteiger partial charge in [0.15, 0.2) is 5.78 Å². The van der Waals surface area contributed by atoms with Gasteiger partial charge in [-0.2, -0.15) is 0 Å². The van der Waals surface area contributed by atoms with Crippen molar-refractivity contribution in [1.82, 2.24) is 0 Å². The van der Waals surface area contributed by atoms with Crippen LogP contribution in [0.2, 0.25) is 0 Å². The van der Waals surface area contributed by atoms with Crippen LogP contribution < -0.4 is 4.90 Å². The van der Waals surface area contributed by atoms with Crippen LogP contribution in [-0.4, -0.2) is 31.6 Å². The molecule has 1 aromatic rings. The second-order valence-corrected chi connectivity index (χ2v) is 6.26. The van der Waals surface area contributed by atoms with Crippen molar-refractivity contribution in [3.05, 3.63) is 28.2 Å². The smallest absolute Gasteiger partial charge is 0.159 e. The number of ether oxygens (including phenoxy) is 1. The highest BCUT2D eigenvalue weighted by Gasteiger charge is 2.31. The van der Waals surface area contributed by atoms with E-state index in [9.17, 15) is 4.79 Å². The number of hydrogen-bond acceptors (Lipinski definition) is 3. The summed E-state index contributed by atoms with van der Waals surface area (Å²) in [5, 5.41) is 0. The fourth-order valence-corrected chi connectivity index (χ4v) is 3.19. The van der Waals surface area contributed by atoms with Crippen LogP contribution in [-0.2, 0) is 4.74 Å². The molecule has 0 spiro atoms. The Bertz CT molecular complexity index is 489. The Hall–Kier alpha value is -0.870. The van der Waals surface area contributed by atoms with Gasteiger partial charge in [0.1, 0.15) is 0 Å². The summed E-state index contributed by atoms with van der Waals surface area (Å²) >= 11 is 3.58. The fraction of sp³-hybridized carbons (Fsp3) is 0.533. The first-order valence-corrected chi connectivity index (χ1v) is 7.35. The maximum atomic E-state index is 11.4. The number of hydrogen-bond donors (Lipinski definition) is 0. The summed E-state index contributed by atoms with van der Waals surface area (Å²) in [6.45, 7) is 5.64. The monoisotopic (exact) mass is 325 g/mol. The number of carbonyl (C=O) groups excluding carboxylic acids is 1. The molecule has 104 valence electrons. The van der Waals surface area contributed by atoms with Gasteiger partial charge in [0, 0.05) is 30.2 Å². The molecule has 19 heavy (non-hydrogen) atoms. The maximum absolute atomic E-state index is 11.4. The SMILES string of the molecule is COC1(C)CCCN(c2ccc(C(C)=O)cc2Br)C1. The second-order valence-electron chi connectivity index (χ2n) is 5.40. The van der Waals surface area contributed by atoms with Gasteiger partial charge in [-0.05, 0) is 60.8 Å². The van der Waals surface area contributed by atoms with E-state index in [2.05, 4.69) is 27.8 Å². The zero-order chi connectivity index (χ0) is 14.0. The van der Waals surface area contributed by atoms with Gasteiger partial charge < -0.3 is 9.64 Å². The van der Waals surface area contributed by atoms with Crippen molar-refractivity contribution < 1.29 is 9.53 Å². The summed E-state index contributed by atoms with van der Waals surface area (Å²) in [5.74, 6) is 0.0904. The van der Waals surface area contributed by atoms with Crippen LogP contribution in [0.25, 0.3) is 0 Å². The average Bonchev–Trinajstić information content (AvgIpc) is 2.38. The normalized spacial score (nSPS) is 23.5. The number of piperidine rings is 1. The van der Waals surface area contributed by atoms with Crippen LogP contribution in [0, 0.1) is 0 Å². The average molecular weight is 326 g/mol. The highest BCUT2D eigenvalue weighted by atomic mass is 79.9. The Kier molecular flexibility index (Phi) is 4.31. The predicted molar refractivity (Wildman–Crippen MR) is 81.0 cm³/mol. The molecule has 0 aromatic heterocycles. The molecule has 1 aliphatic heterocycles. The lowest BCUT2D eigenvalue weighted by atomic mass is 9.94. The van der Waals surface area contributed by atoms with E-state index in [1.165, 1.54) is 0 Å². The van der Waals surface area contributed by atoms with Crippen molar-refractivity contribution >= 4 is 27.4 Å². The molecule has 1 aromatic carbocycles. The third-order valence-electron chi connectivity index (χ3n) is 3.85. The lowest BCUT2D eigenvalue weighted by Crippen LogP contribution is -2.47. The summed E-state index contributed by atoms with van der Waals surface area (Å²) in [6.07, 6.45) is 2.20. The van der Waals surface area contributed by atoms with E-state index < -0.39 is 0 Å². The van der Waals surface area contributed by atoms with Gasteiger partial charge >= 0.3 is 0 Å². The van der Waals surface area contributed by atoms with Crippen LogP contribution in [0.3, 0.4) is 0 Å². The van der Waals surface area contributed by atoms with Crippen LogP contribution in [0.5, 0.6) is 0 Å². The number of halogens is 1. The third kappa shape index (κ3) is 3.18. The maximum Gasteiger partial charge on any atom is 0.159 e. The Morgan fingerprint density at radius 1 is 1.47 bits per heavy atom. The van der Waals surface area contributed by atoms with Gasteiger partial charge in [0.2, 0.25) is 0 Å². The molecule has 2 rings (SSSR count). The first kappa shape index (κ1) is 14.5. The number of ketones is 1. The van der Waals surface area contributed by atoms with Gasteiger partial charge in [-0.15, -0.1) is 0 Å². The lowest BCUT2D eigenvalue weighted by molar-refractivity contribution is -0.00468. The minimum absolute atomic E-state index is 0.0864. The minimum Gasteiger partial charge on any atom is -0.377 e. The Labute approximate surface area is 123 Å². The number of rotatable bonds is 3. The molecule has 0 bridgehead atoms. The van der Waals surface area contributed by atoms with Gasteiger partial charge in [-0.3, -0.25) is 4.79 Å². The molecule has 0 saturated carbocycles. The van der Waals surface area contributed by atoms with E-state index in [0.717, 1.165) is 41.7 Å². The van der Waals surface area contributed by atoms with Crippen LogP contribution in [0.1, 0.15) is 37.0 Å². The van der Waals surface area contributed by atoms with Crippen molar-refractivity contribution in [3.8, 4) is 0 Å². The van der Waals surface area contributed by atoms with Crippen molar-refractivity contribution in [2.45, 2.75) is 32.3 Å². The van der Waals surface area contributed by atoms with E-state index in [1.54, 1.807) is 14.0 Å². The second kappa shape index (κ2) is 5.63. The van der Waals surface area contributed by atoms with Crippen LogP contribution in [0.15, 0.2) is 22.7 Å². The molecule has 0 radical (unpaired) electrons. The standard InChI is InChI=1S/C15H20BrNO2/c1-11(18)12-5-6-14(13(16)9-12)17-8-4-7-15(2,10-17)19-3/h5-6,9H,4,7-8,10H2,1-3H3. The molecule has 4 heteroatoms. The first-order valence-electron chi connectivity index (χ1n) is 6.56. The number of anilines is 1. The lowest BCUT2D eigenvalue weighted by Gasteiger charge is -2.41. The van der Waals surface area contributed by atoms with E-state index in [0.29, 0.717) is 0 Å². The van der Waals surface area contributed by atoms with E-state index >= 15 is 0 Å². The topological polar surface area (TPSA) is 29.5 Å². The number of Topliss-reactive ketones (excluding diaryl/α,β-unsaturated/α-hetero) is 1. The van der Waals surface area contributed by atoms with Gasteiger partial charge in [-0.1, -0.05) is 0 Å². The highest BCUT2D eigenvalue weighted by molar-refractivity contribution is 9.10. The largest absolute Gasteiger partial charge is 0.377 e. The zero-order valence-corrected chi connectivity index (χ0v) is 13.3. The molecule has 3 nitrogen and oxygen atoms in total. The quantitative estimate of drug-likeness (QED) is 0.794. The van der Waals surface area contributed by atoms with E-state index in [4.69, 9.17) is 4.74 Å². The summed E-state index contributed by atoms with van der Waals surface area (Å²) in [4.78, 5) is 13.7. The molecule has 0 amide bonds. The Morgan fingerprint density at radius 2 is 2.21 bits per heavy atom. The number of nitrogens with zero attached hydrogens (tertiary/aromatic N) is 1. The van der Waals surface area contributed by atoms with Crippen molar-refractivity contribution in [2.24, 2.45) is 0 Å². The zero-order valence-electron chi connectivity index (χ0n) is 11.7. The fourth-order valence-electron chi connectivity index (χ4n) is 2.56. The minimum atomic E-state index is -0.0864. The molecule has 1 aliphatic rings. The molecular weight excluding hydrogens is 306 g/mol. The van der Waals surface area contributed by atoms with Crippen molar-refractivity contribution in [3.63, 3.8) is 0 Å². The molecular formula is C15H20BrNO2. The molecule has 1 unspecified atom stereocenters. The molecule has 1 fully saturated rings. The Morgan fingerprint density at radius 3 is 2.79 bits per heavy atom. The van der Waals surface area contributed by atoms with Crippen LogP contribution in [0.4, 0.5) is 5.69 Å². The van der Waals surface area contributed by atoms with E-state index in [1.807, 2.05) is 18.2 Å². The van der Waals surface area contributed by atoms with Crippen LogP contribution >= 0.6 is 15.9 Å². The van der Waals surface area contributed by atoms with Gasteiger partial charge in [0.05, 0.1) is 11.3 Å². The first-order chi connectivity index (χ1) is 8.95. The summed E-state index contributed by atoms with van der Waals surface area (Å²) in [7, 11) is 1.78. The molecule has 1 saturated heterocycles. The molecule has 0 aliphatic carbocycles. The third-order valence-corrected chi connectivity index (χ3v) is 4.48. The molecule has 1 atom stereocenters. The predicted octanol–water partition coefficient (Wildman–Crippen LogP) is 3.66. The summed E-state index contributed by atoms with van der Waals surface area (Å²) in [6, 6.07) is 5.81. The number of carbonyl (C=O) groups is 1. The summed E-state index contributed by atoms with van der Waals surface area (Å²) < 4.78 is 6.59. The van der Waals surface area contributed by atoms with Gasteiger partial charge in [0.25, 0.3) is 0 Å². The number of methoxy groups -OCH3 is 1. The molecule has 1 heterocycles. The van der Waals surface area contributed by atoms with Crippen molar-refractivity contribution in [1.29, 1.82) is 0 Å².